The van der Waals surface area contributed by atoms with E-state index in [-0.39, 0.29) is 5.56 Å². The Labute approximate surface area is 176 Å². The minimum absolute atomic E-state index is 0.00532. The Bertz CT molecular complexity index is 1070. The first kappa shape index (κ1) is 19.9. The average Bonchev–Trinajstić information content (AvgIpc) is 2.75. The van der Waals surface area contributed by atoms with Crippen LogP contribution in [0.3, 0.4) is 0 Å². The van der Waals surface area contributed by atoms with E-state index in [1.807, 2.05) is 47.1 Å². The molecule has 3 aromatic rings. The summed E-state index contributed by atoms with van der Waals surface area (Å²) in [5.74, 6) is 1.67. The summed E-state index contributed by atoms with van der Waals surface area (Å²) in [7, 11) is 0. The van der Waals surface area contributed by atoms with Gasteiger partial charge in [0.05, 0.1) is 10.9 Å². The van der Waals surface area contributed by atoms with Crippen molar-refractivity contribution in [1.82, 2.24) is 9.55 Å². The molecule has 29 heavy (non-hydrogen) atoms. The highest BCUT2D eigenvalue weighted by Gasteiger charge is 2.23. The average molecular weight is 408 g/mol. The number of hydrogen-bond donors (Lipinski definition) is 1. The molecule has 2 atom stereocenters. The molecule has 1 aliphatic carbocycles. The predicted octanol–water partition coefficient (Wildman–Crippen LogP) is 4.99. The molecule has 1 saturated carbocycles. The van der Waals surface area contributed by atoms with E-state index in [0.717, 1.165) is 24.9 Å². The van der Waals surface area contributed by atoms with Gasteiger partial charge in [-0.3, -0.25) is 9.36 Å². The molecule has 1 aromatic heterocycles. The molecule has 0 radical (unpaired) electrons. The number of benzene rings is 2. The van der Waals surface area contributed by atoms with E-state index in [2.05, 4.69) is 0 Å². The molecule has 0 saturated heterocycles. The third-order valence-corrected chi connectivity index (χ3v) is 6.07. The van der Waals surface area contributed by atoms with Crippen molar-refractivity contribution in [3.63, 3.8) is 0 Å². The molecule has 1 heterocycles. The van der Waals surface area contributed by atoms with Gasteiger partial charge in [-0.25, -0.2) is 4.98 Å². The van der Waals surface area contributed by atoms with Crippen LogP contribution in [0.25, 0.3) is 23.1 Å². The Balaban J connectivity index is 1.75. The topological polar surface area (TPSA) is 60.9 Å². The molecule has 2 unspecified atom stereocenters. The highest BCUT2D eigenvalue weighted by Crippen LogP contribution is 2.29. The summed E-state index contributed by atoms with van der Waals surface area (Å²) in [5, 5.41) is 1.19. The Hall–Kier alpha value is -2.43. The number of nitrogens with zero attached hydrogens (tertiary/aromatic N) is 2. The van der Waals surface area contributed by atoms with Crippen molar-refractivity contribution in [1.29, 1.82) is 0 Å². The molecule has 0 amide bonds. The first-order valence-corrected chi connectivity index (χ1v) is 10.6. The predicted molar refractivity (Wildman–Crippen MR) is 121 cm³/mol. The summed E-state index contributed by atoms with van der Waals surface area (Å²) < 4.78 is 1.83. The van der Waals surface area contributed by atoms with Gasteiger partial charge in [0.1, 0.15) is 5.82 Å². The molecule has 0 spiro atoms. The SMILES string of the molecule is NCC1CCCC(Cn2c(/C=C/c3ccccc3)nc3cc(Cl)ccc3c2=O)C1. The molecule has 1 fully saturated rings. The van der Waals surface area contributed by atoms with Crippen molar-refractivity contribution in [3.8, 4) is 0 Å². The van der Waals surface area contributed by atoms with Crippen LogP contribution in [0.15, 0.2) is 53.3 Å². The number of aromatic nitrogens is 2. The van der Waals surface area contributed by atoms with Crippen LogP contribution in [0.5, 0.6) is 0 Å². The second kappa shape index (κ2) is 8.93. The van der Waals surface area contributed by atoms with Crippen LogP contribution in [-0.4, -0.2) is 16.1 Å². The van der Waals surface area contributed by atoms with Crippen molar-refractivity contribution in [2.24, 2.45) is 17.6 Å². The van der Waals surface area contributed by atoms with Gasteiger partial charge in [-0.05, 0) is 67.5 Å². The van der Waals surface area contributed by atoms with Gasteiger partial charge < -0.3 is 5.73 Å². The van der Waals surface area contributed by atoms with Gasteiger partial charge in [0, 0.05) is 11.6 Å². The van der Waals surface area contributed by atoms with Crippen molar-refractivity contribution >= 4 is 34.7 Å². The molecule has 4 nitrogen and oxygen atoms in total. The molecule has 4 rings (SSSR count). The van der Waals surface area contributed by atoms with Gasteiger partial charge in [-0.2, -0.15) is 0 Å². The second-order valence-electron chi connectivity index (χ2n) is 7.93. The Kier molecular flexibility index (Phi) is 6.12. The van der Waals surface area contributed by atoms with Crippen LogP contribution in [-0.2, 0) is 6.54 Å². The van der Waals surface area contributed by atoms with Crippen molar-refractivity contribution in [2.45, 2.75) is 32.2 Å². The molecule has 2 N–H and O–H groups in total. The van der Waals surface area contributed by atoms with E-state index in [1.165, 1.54) is 12.8 Å². The summed E-state index contributed by atoms with van der Waals surface area (Å²) in [4.78, 5) is 18.1. The van der Waals surface area contributed by atoms with Gasteiger partial charge >= 0.3 is 0 Å². The zero-order chi connectivity index (χ0) is 20.2. The van der Waals surface area contributed by atoms with Crippen molar-refractivity contribution < 1.29 is 0 Å². The fraction of sp³-hybridized carbons (Fsp3) is 0.333. The maximum atomic E-state index is 13.3. The lowest BCUT2D eigenvalue weighted by molar-refractivity contribution is 0.245. The third kappa shape index (κ3) is 4.60. The van der Waals surface area contributed by atoms with Gasteiger partial charge in [-0.1, -0.05) is 54.4 Å². The molecule has 2 aromatic carbocycles. The summed E-state index contributed by atoms with van der Waals surface area (Å²) >= 11 is 6.15. The number of fused-ring (bicyclic) bond motifs is 1. The van der Waals surface area contributed by atoms with Gasteiger partial charge in [0.25, 0.3) is 5.56 Å². The standard InChI is InChI=1S/C24H26ClN3O/c25-20-10-11-21-22(14-20)27-23(12-9-17-5-2-1-3-6-17)28(24(21)29)16-19-8-4-7-18(13-19)15-26/h1-3,5-6,9-12,14,18-19H,4,7-8,13,15-16,26H2/b12-9+. The van der Waals surface area contributed by atoms with Crippen LogP contribution in [0, 0.1) is 11.8 Å². The highest BCUT2D eigenvalue weighted by atomic mass is 35.5. The first-order valence-electron chi connectivity index (χ1n) is 10.3. The zero-order valence-corrected chi connectivity index (χ0v) is 17.2. The lowest BCUT2D eigenvalue weighted by Crippen LogP contribution is -2.31. The summed E-state index contributed by atoms with van der Waals surface area (Å²) in [6.07, 6.45) is 8.50. The second-order valence-corrected chi connectivity index (χ2v) is 8.36. The number of halogens is 1. The zero-order valence-electron chi connectivity index (χ0n) is 16.4. The normalized spacial score (nSPS) is 19.8. The Morgan fingerprint density at radius 1 is 1.10 bits per heavy atom. The van der Waals surface area contributed by atoms with Gasteiger partial charge in [0.15, 0.2) is 0 Å². The third-order valence-electron chi connectivity index (χ3n) is 5.84. The largest absolute Gasteiger partial charge is 0.330 e. The minimum Gasteiger partial charge on any atom is -0.330 e. The Morgan fingerprint density at radius 2 is 1.90 bits per heavy atom. The smallest absolute Gasteiger partial charge is 0.261 e. The quantitative estimate of drug-likeness (QED) is 0.648. The van der Waals surface area contributed by atoms with E-state index >= 15 is 0 Å². The molecule has 1 aliphatic rings. The maximum absolute atomic E-state index is 13.3. The summed E-state index contributed by atoms with van der Waals surface area (Å²) in [6.45, 7) is 1.40. The van der Waals surface area contributed by atoms with Crippen LogP contribution in [0.4, 0.5) is 0 Å². The summed E-state index contributed by atoms with van der Waals surface area (Å²) in [6, 6.07) is 15.3. The lowest BCUT2D eigenvalue weighted by atomic mass is 9.81. The fourth-order valence-electron chi connectivity index (χ4n) is 4.29. The first-order chi connectivity index (χ1) is 14.1. The van der Waals surface area contributed by atoms with E-state index in [9.17, 15) is 4.79 Å². The number of hydrogen-bond acceptors (Lipinski definition) is 3. The van der Waals surface area contributed by atoms with Crippen LogP contribution >= 0.6 is 11.6 Å². The van der Waals surface area contributed by atoms with Crippen molar-refractivity contribution in [3.05, 3.63) is 75.3 Å². The van der Waals surface area contributed by atoms with Crippen molar-refractivity contribution in [2.75, 3.05) is 6.54 Å². The Morgan fingerprint density at radius 3 is 2.69 bits per heavy atom. The molecule has 150 valence electrons. The maximum Gasteiger partial charge on any atom is 0.261 e. The van der Waals surface area contributed by atoms with Crippen LogP contribution < -0.4 is 11.3 Å². The van der Waals surface area contributed by atoms with Crippen LogP contribution in [0.1, 0.15) is 37.1 Å². The molecular formula is C24H26ClN3O. The fourth-order valence-corrected chi connectivity index (χ4v) is 4.46. The minimum atomic E-state index is -0.00532. The molecule has 5 heteroatoms. The monoisotopic (exact) mass is 407 g/mol. The molecular weight excluding hydrogens is 382 g/mol. The summed E-state index contributed by atoms with van der Waals surface area (Å²) in [5.41, 5.74) is 7.61. The highest BCUT2D eigenvalue weighted by molar-refractivity contribution is 6.31. The van der Waals surface area contributed by atoms with Gasteiger partial charge in [0.2, 0.25) is 0 Å². The molecule has 0 aliphatic heterocycles. The van der Waals surface area contributed by atoms with E-state index in [4.69, 9.17) is 22.3 Å². The molecule has 0 bridgehead atoms. The number of rotatable bonds is 5. The van der Waals surface area contributed by atoms with Gasteiger partial charge in [-0.15, -0.1) is 0 Å². The van der Waals surface area contributed by atoms with E-state index in [0.29, 0.717) is 40.1 Å². The number of nitrogens with two attached hydrogens (primary N) is 1. The van der Waals surface area contributed by atoms with Crippen LogP contribution in [0.2, 0.25) is 5.02 Å². The lowest BCUT2D eigenvalue weighted by Gasteiger charge is -2.29. The van der Waals surface area contributed by atoms with E-state index < -0.39 is 0 Å². The van der Waals surface area contributed by atoms with E-state index in [1.54, 1.807) is 18.2 Å².